The molecule has 0 aromatic carbocycles. The van der Waals surface area contributed by atoms with Crippen LogP contribution in [-0.4, -0.2) is 25.0 Å². The minimum Gasteiger partial charge on any atom is -0.306 e. The molecule has 0 aliphatic heterocycles. The van der Waals surface area contributed by atoms with Gasteiger partial charge < -0.3 is 4.90 Å². The monoisotopic (exact) mass is 166 g/mol. The van der Waals surface area contributed by atoms with Gasteiger partial charge in [0.2, 0.25) is 0 Å². The van der Waals surface area contributed by atoms with Crippen molar-refractivity contribution in [3.63, 3.8) is 0 Å². The molecule has 1 saturated carbocycles. The Morgan fingerprint density at radius 2 is 2.17 bits per heavy atom. The van der Waals surface area contributed by atoms with Crippen molar-refractivity contribution < 1.29 is 0 Å². The van der Waals surface area contributed by atoms with Crippen LogP contribution in [0.1, 0.15) is 32.1 Å². The van der Waals surface area contributed by atoms with Crippen LogP contribution in [0.5, 0.6) is 0 Å². The van der Waals surface area contributed by atoms with Crippen molar-refractivity contribution in [1.29, 1.82) is 5.26 Å². The Morgan fingerprint density at radius 1 is 1.50 bits per heavy atom. The van der Waals surface area contributed by atoms with Gasteiger partial charge in [0.05, 0.1) is 6.07 Å². The summed E-state index contributed by atoms with van der Waals surface area (Å²) in [6.45, 7) is 0. The third kappa shape index (κ3) is 2.22. The molecule has 12 heavy (non-hydrogen) atoms. The van der Waals surface area contributed by atoms with Gasteiger partial charge in [0.1, 0.15) is 0 Å². The molecule has 0 spiro atoms. The van der Waals surface area contributed by atoms with Gasteiger partial charge in [-0.2, -0.15) is 5.26 Å². The molecule has 2 nitrogen and oxygen atoms in total. The van der Waals surface area contributed by atoms with Crippen molar-refractivity contribution in [2.45, 2.75) is 38.1 Å². The average Bonchev–Trinajstić information content (AvgIpc) is 1.93. The molecular formula is C10H18N2. The summed E-state index contributed by atoms with van der Waals surface area (Å²) in [5.74, 6) is 0.869. The molecule has 1 unspecified atom stereocenters. The second-order valence-electron chi connectivity index (χ2n) is 3.92. The standard InChI is InChI=1S/C10H18N2/c1-12(2)10(7-4-8-11)9-5-3-6-9/h9-10H,3-7H2,1-2H3. The van der Waals surface area contributed by atoms with Gasteiger partial charge in [-0.1, -0.05) is 6.42 Å². The summed E-state index contributed by atoms with van der Waals surface area (Å²) < 4.78 is 0. The third-order valence-corrected chi connectivity index (χ3v) is 2.91. The van der Waals surface area contributed by atoms with Crippen LogP contribution in [0.3, 0.4) is 0 Å². The highest BCUT2D eigenvalue weighted by Crippen LogP contribution is 2.33. The number of hydrogen-bond donors (Lipinski definition) is 0. The van der Waals surface area contributed by atoms with Gasteiger partial charge in [0.15, 0.2) is 0 Å². The lowest BCUT2D eigenvalue weighted by atomic mass is 9.78. The zero-order valence-corrected chi connectivity index (χ0v) is 8.08. The molecule has 0 bridgehead atoms. The summed E-state index contributed by atoms with van der Waals surface area (Å²) in [5, 5.41) is 8.50. The van der Waals surface area contributed by atoms with E-state index in [-0.39, 0.29) is 0 Å². The normalized spacial score (nSPS) is 20.2. The predicted octanol–water partition coefficient (Wildman–Crippen LogP) is 2.02. The SMILES string of the molecule is CN(C)C(CCC#N)C1CCC1. The molecule has 1 rings (SSSR count). The fourth-order valence-corrected chi connectivity index (χ4v) is 1.95. The molecule has 0 radical (unpaired) electrons. The van der Waals surface area contributed by atoms with Crippen LogP contribution in [0, 0.1) is 17.2 Å². The lowest BCUT2D eigenvalue weighted by Crippen LogP contribution is -2.38. The Bertz CT molecular complexity index is 165. The van der Waals surface area contributed by atoms with Crippen LogP contribution in [-0.2, 0) is 0 Å². The highest BCUT2D eigenvalue weighted by molar-refractivity contribution is 4.85. The molecule has 68 valence electrons. The molecule has 2 heteroatoms. The van der Waals surface area contributed by atoms with E-state index < -0.39 is 0 Å². The molecule has 0 saturated heterocycles. The molecule has 1 atom stereocenters. The molecule has 0 aromatic rings. The summed E-state index contributed by atoms with van der Waals surface area (Å²) in [7, 11) is 4.25. The molecule has 0 heterocycles. The van der Waals surface area contributed by atoms with Crippen LogP contribution in [0.25, 0.3) is 0 Å². The Balaban J connectivity index is 2.33. The van der Waals surface area contributed by atoms with Crippen LogP contribution in [0.2, 0.25) is 0 Å². The molecule has 1 aliphatic rings. The average molecular weight is 166 g/mol. The first-order chi connectivity index (χ1) is 5.75. The second kappa shape index (κ2) is 4.47. The predicted molar refractivity (Wildman–Crippen MR) is 49.7 cm³/mol. The molecule has 0 aromatic heterocycles. The molecule has 1 fully saturated rings. The van der Waals surface area contributed by atoms with E-state index in [9.17, 15) is 0 Å². The maximum atomic E-state index is 8.50. The Kier molecular flexibility index (Phi) is 3.55. The lowest BCUT2D eigenvalue weighted by Gasteiger charge is -2.37. The first kappa shape index (κ1) is 9.54. The zero-order chi connectivity index (χ0) is 8.97. The molecular weight excluding hydrogens is 148 g/mol. The highest BCUT2D eigenvalue weighted by atomic mass is 15.1. The fraction of sp³-hybridized carbons (Fsp3) is 0.900. The van der Waals surface area contributed by atoms with Crippen molar-refractivity contribution in [1.82, 2.24) is 4.90 Å². The molecule has 0 amide bonds. The van der Waals surface area contributed by atoms with E-state index >= 15 is 0 Å². The number of hydrogen-bond acceptors (Lipinski definition) is 2. The van der Waals surface area contributed by atoms with E-state index in [2.05, 4.69) is 25.1 Å². The van der Waals surface area contributed by atoms with E-state index in [4.69, 9.17) is 5.26 Å². The summed E-state index contributed by atoms with van der Waals surface area (Å²) in [6.07, 6.45) is 5.89. The van der Waals surface area contributed by atoms with E-state index in [0.29, 0.717) is 12.5 Å². The fourth-order valence-electron chi connectivity index (χ4n) is 1.95. The number of nitrogens with zero attached hydrogens (tertiary/aromatic N) is 2. The minimum absolute atomic E-state index is 0.651. The smallest absolute Gasteiger partial charge is 0.0622 e. The summed E-state index contributed by atoms with van der Waals surface area (Å²) in [5.41, 5.74) is 0. The summed E-state index contributed by atoms with van der Waals surface area (Å²) >= 11 is 0. The highest BCUT2D eigenvalue weighted by Gasteiger charge is 2.27. The number of nitriles is 1. The minimum atomic E-state index is 0.651. The van der Waals surface area contributed by atoms with E-state index in [1.165, 1.54) is 19.3 Å². The van der Waals surface area contributed by atoms with Crippen LogP contribution >= 0.6 is 0 Å². The Morgan fingerprint density at radius 3 is 2.50 bits per heavy atom. The molecule has 0 N–H and O–H groups in total. The maximum Gasteiger partial charge on any atom is 0.0622 e. The van der Waals surface area contributed by atoms with E-state index in [1.54, 1.807) is 0 Å². The Labute approximate surface area is 75.2 Å². The lowest BCUT2D eigenvalue weighted by molar-refractivity contribution is 0.134. The van der Waals surface area contributed by atoms with Gasteiger partial charge in [-0.25, -0.2) is 0 Å². The first-order valence-corrected chi connectivity index (χ1v) is 4.79. The van der Waals surface area contributed by atoms with Crippen LogP contribution in [0.15, 0.2) is 0 Å². The second-order valence-corrected chi connectivity index (χ2v) is 3.92. The zero-order valence-electron chi connectivity index (χ0n) is 8.08. The van der Waals surface area contributed by atoms with Gasteiger partial charge >= 0.3 is 0 Å². The van der Waals surface area contributed by atoms with Gasteiger partial charge in [-0.05, 0) is 39.3 Å². The van der Waals surface area contributed by atoms with Gasteiger partial charge in [-0.15, -0.1) is 0 Å². The van der Waals surface area contributed by atoms with E-state index in [0.717, 1.165) is 12.3 Å². The third-order valence-electron chi connectivity index (χ3n) is 2.91. The largest absolute Gasteiger partial charge is 0.306 e. The van der Waals surface area contributed by atoms with E-state index in [1.807, 2.05) is 0 Å². The maximum absolute atomic E-state index is 8.50. The van der Waals surface area contributed by atoms with Gasteiger partial charge in [-0.3, -0.25) is 0 Å². The first-order valence-electron chi connectivity index (χ1n) is 4.79. The van der Waals surface area contributed by atoms with Crippen molar-refractivity contribution in [2.75, 3.05) is 14.1 Å². The Hall–Kier alpha value is -0.550. The van der Waals surface area contributed by atoms with Crippen LogP contribution in [0.4, 0.5) is 0 Å². The molecule has 1 aliphatic carbocycles. The van der Waals surface area contributed by atoms with Crippen molar-refractivity contribution in [2.24, 2.45) is 5.92 Å². The topological polar surface area (TPSA) is 27.0 Å². The van der Waals surface area contributed by atoms with Crippen LogP contribution < -0.4 is 0 Å². The van der Waals surface area contributed by atoms with Crippen molar-refractivity contribution >= 4 is 0 Å². The summed E-state index contributed by atoms with van der Waals surface area (Å²) in [6, 6.07) is 2.88. The van der Waals surface area contributed by atoms with Crippen molar-refractivity contribution in [3.8, 4) is 6.07 Å². The summed E-state index contributed by atoms with van der Waals surface area (Å²) in [4.78, 5) is 2.28. The van der Waals surface area contributed by atoms with Gasteiger partial charge in [0, 0.05) is 12.5 Å². The van der Waals surface area contributed by atoms with Gasteiger partial charge in [0.25, 0.3) is 0 Å². The number of rotatable bonds is 4. The van der Waals surface area contributed by atoms with Crippen molar-refractivity contribution in [3.05, 3.63) is 0 Å². The quantitative estimate of drug-likeness (QED) is 0.639.